The van der Waals surface area contributed by atoms with Crippen LogP contribution >= 0.6 is 0 Å². The largest absolute Gasteiger partial charge is 0.508 e. The quantitative estimate of drug-likeness (QED) is 0.654. The molecule has 0 fully saturated rings. The molecule has 0 spiro atoms. The van der Waals surface area contributed by atoms with Gasteiger partial charge in [0.2, 0.25) is 11.8 Å². The molecule has 0 saturated carbocycles. The zero-order chi connectivity index (χ0) is 23.3. The van der Waals surface area contributed by atoms with E-state index in [4.69, 9.17) is 4.74 Å². The van der Waals surface area contributed by atoms with Crippen molar-refractivity contribution in [3.8, 4) is 5.75 Å². The molecule has 8 nitrogen and oxygen atoms in total. The molecule has 8 heteroatoms. The van der Waals surface area contributed by atoms with Crippen LogP contribution in [0.15, 0.2) is 24.3 Å². The predicted molar refractivity (Wildman–Crippen MR) is 115 cm³/mol. The van der Waals surface area contributed by atoms with E-state index in [2.05, 4.69) is 10.6 Å². The topological polar surface area (TPSA) is 108 Å². The summed E-state index contributed by atoms with van der Waals surface area (Å²) in [5, 5.41) is 15.7. The van der Waals surface area contributed by atoms with Crippen LogP contribution in [0.3, 0.4) is 0 Å². The molecule has 0 radical (unpaired) electrons. The number of aromatic hydroxyl groups is 1. The van der Waals surface area contributed by atoms with Crippen LogP contribution in [0.25, 0.3) is 0 Å². The zero-order valence-corrected chi connectivity index (χ0v) is 19.2. The monoisotopic (exact) mass is 421 g/mol. The van der Waals surface area contributed by atoms with E-state index in [0.717, 1.165) is 0 Å². The summed E-state index contributed by atoms with van der Waals surface area (Å²) in [6, 6.07) is 5.16. The maximum absolute atomic E-state index is 13.2. The maximum Gasteiger partial charge on any atom is 0.408 e. The smallest absolute Gasteiger partial charge is 0.408 e. The molecule has 1 rings (SSSR count). The number of alkyl carbamates (subject to hydrolysis) is 1. The number of phenolic OH excluding ortho intramolecular Hbond substituents is 1. The van der Waals surface area contributed by atoms with E-state index in [0.29, 0.717) is 5.56 Å². The third-order valence-corrected chi connectivity index (χ3v) is 3.94. The van der Waals surface area contributed by atoms with Crippen molar-refractivity contribution in [2.45, 2.75) is 78.6 Å². The number of hydrogen-bond donors (Lipinski definition) is 3. The number of carbonyl (C=O) groups is 3. The number of hydrogen-bond acceptors (Lipinski definition) is 5. The van der Waals surface area contributed by atoms with Crippen molar-refractivity contribution in [2.75, 3.05) is 6.54 Å². The minimum Gasteiger partial charge on any atom is -0.508 e. The lowest BCUT2D eigenvalue weighted by atomic mass is 9.95. The zero-order valence-electron chi connectivity index (χ0n) is 19.2. The molecule has 1 unspecified atom stereocenters. The Labute approximate surface area is 179 Å². The standard InChI is InChI=1S/C22H35N3O5/c1-14(2)24-19(28)18(15-11-9-10-12-16(15)26)25(21(3,4)5)17(27)13-23-20(29)30-22(6,7)8/h9-12,14,18,26H,13H2,1-8H3,(H,23,29)(H,24,28). The van der Waals surface area contributed by atoms with Gasteiger partial charge in [-0.1, -0.05) is 18.2 Å². The molecule has 1 atom stereocenters. The SMILES string of the molecule is CC(C)NC(=O)C(c1ccccc1O)N(C(=O)CNC(=O)OC(C)(C)C)C(C)(C)C. The summed E-state index contributed by atoms with van der Waals surface area (Å²) in [6.07, 6.45) is -0.726. The van der Waals surface area contributed by atoms with Gasteiger partial charge in [0.25, 0.3) is 0 Å². The highest BCUT2D eigenvalue weighted by molar-refractivity contribution is 5.91. The fraction of sp³-hybridized carbons (Fsp3) is 0.591. The summed E-state index contributed by atoms with van der Waals surface area (Å²) in [5.41, 5.74) is -1.18. The molecular weight excluding hydrogens is 386 g/mol. The number of nitrogens with one attached hydrogen (secondary N) is 2. The van der Waals surface area contributed by atoms with Crippen molar-refractivity contribution < 1.29 is 24.2 Å². The number of benzene rings is 1. The van der Waals surface area contributed by atoms with Crippen LogP contribution in [0.2, 0.25) is 0 Å². The van der Waals surface area contributed by atoms with E-state index < -0.39 is 35.1 Å². The van der Waals surface area contributed by atoms with Gasteiger partial charge in [-0.25, -0.2) is 4.79 Å². The Bertz CT molecular complexity index is 763. The molecule has 3 amide bonds. The molecule has 0 aliphatic rings. The van der Waals surface area contributed by atoms with Crippen molar-refractivity contribution in [1.29, 1.82) is 0 Å². The molecule has 0 aromatic heterocycles. The van der Waals surface area contributed by atoms with Crippen LogP contribution in [-0.4, -0.2) is 51.6 Å². The van der Waals surface area contributed by atoms with Gasteiger partial charge in [0, 0.05) is 17.1 Å². The highest BCUT2D eigenvalue weighted by atomic mass is 16.6. The van der Waals surface area contributed by atoms with Gasteiger partial charge in [-0.05, 0) is 61.5 Å². The van der Waals surface area contributed by atoms with Crippen LogP contribution in [0.5, 0.6) is 5.75 Å². The summed E-state index contributed by atoms with van der Waals surface area (Å²) in [4.78, 5) is 39.6. The average molecular weight is 422 g/mol. The second-order valence-corrected chi connectivity index (χ2v) is 9.41. The van der Waals surface area contributed by atoms with Gasteiger partial charge >= 0.3 is 6.09 Å². The van der Waals surface area contributed by atoms with Gasteiger partial charge in [0.1, 0.15) is 23.9 Å². The lowest BCUT2D eigenvalue weighted by Gasteiger charge is -2.41. The van der Waals surface area contributed by atoms with Gasteiger partial charge in [-0.2, -0.15) is 0 Å². The number of rotatable bonds is 6. The van der Waals surface area contributed by atoms with Gasteiger partial charge in [0.05, 0.1) is 0 Å². The molecule has 3 N–H and O–H groups in total. The Morgan fingerprint density at radius 3 is 2.10 bits per heavy atom. The highest BCUT2D eigenvalue weighted by Gasteiger charge is 2.39. The Kier molecular flexibility index (Phi) is 8.27. The van der Waals surface area contributed by atoms with E-state index in [1.807, 2.05) is 13.8 Å². The molecule has 1 aromatic carbocycles. The second kappa shape index (κ2) is 9.82. The first kappa shape index (κ1) is 25.3. The van der Waals surface area contributed by atoms with Crippen molar-refractivity contribution in [3.63, 3.8) is 0 Å². The van der Waals surface area contributed by atoms with E-state index in [9.17, 15) is 19.5 Å². The second-order valence-electron chi connectivity index (χ2n) is 9.41. The van der Waals surface area contributed by atoms with Gasteiger partial charge in [-0.3, -0.25) is 9.59 Å². The van der Waals surface area contributed by atoms with E-state index in [1.54, 1.807) is 59.7 Å². The van der Waals surface area contributed by atoms with Crippen LogP contribution in [0, 0.1) is 0 Å². The van der Waals surface area contributed by atoms with Crippen molar-refractivity contribution in [2.24, 2.45) is 0 Å². The summed E-state index contributed by atoms with van der Waals surface area (Å²) >= 11 is 0. The summed E-state index contributed by atoms with van der Waals surface area (Å²) in [7, 11) is 0. The van der Waals surface area contributed by atoms with Crippen LogP contribution in [0.1, 0.15) is 67.0 Å². The highest BCUT2D eigenvalue weighted by Crippen LogP contribution is 2.33. The van der Waals surface area contributed by atoms with Gasteiger partial charge in [0.15, 0.2) is 0 Å². The first-order valence-corrected chi connectivity index (χ1v) is 10.0. The van der Waals surface area contributed by atoms with E-state index in [1.165, 1.54) is 11.0 Å². The Balaban J connectivity index is 3.28. The Morgan fingerprint density at radius 1 is 1.07 bits per heavy atom. The first-order chi connectivity index (χ1) is 13.6. The molecule has 0 aliphatic carbocycles. The van der Waals surface area contributed by atoms with Crippen molar-refractivity contribution in [3.05, 3.63) is 29.8 Å². The van der Waals surface area contributed by atoms with Crippen LogP contribution < -0.4 is 10.6 Å². The number of carbonyl (C=O) groups excluding carboxylic acids is 3. The maximum atomic E-state index is 13.2. The summed E-state index contributed by atoms with van der Waals surface area (Å²) in [6.45, 7) is 13.8. The molecule has 0 aliphatic heterocycles. The molecular formula is C22H35N3O5. The van der Waals surface area contributed by atoms with E-state index in [-0.39, 0.29) is 18.3 Å². The Morgan fingerprint density at radius 2 is 1.63 bits per heavy atom. The normalized spacial score (nSPS) is 12.8. The first-order valence-electron chi connectivity index (χ1n) is 10.0. The molecule has 168 valence electrons. The fourth-order valence-electron chi connectivity index (χ4n) is 2.93. The molecule has 0 saturated heterocycles. The number of para-hydroxylation sites is 1. The Hall–Kier alpha value is -2.77. The number of phenols is 1. The minimum atomic E-state index is -1.08. The third kappa shape index (κ3) is 7.57. The molecule has 30 heavy (non-hydrogen) atoms. The average Bonchev–Trinajstić information content (AvgIpc) is 2.55. The third-order valence-electron chi connectivity index (χ3n) is 3.94. The molecule has 0 bridgehead atoms. The van der Waals surface area contributed by atoms with Crippen molar-refractivity contribution >= 4 is 17.9 Å². The fourth-order valence-corrected chi connectivity index (χ4v) is 2.93. The molecule has 1 aromatic rings. The summed E-state index contributed by atoms with van der Waals surface area (Å²) < 4.78 is 5.18. The van der Waals surface area contributed by atoms with E-state index >= 15 is 0 Å². The van der Waals surface area contributed by atoms with Crippen LogP contribution in [0.4, 0.5) is 4.79 Å². The van der Waals surface area contributed by atoms with Crippen LogP contribution in [-0.2, 0) is 14.3 Å². The van der Waals surface area contributed by atoms with Gasteiger partial charge in [-0.15, -0.1) is 0 Å². The minimum absolute atomic E-state index is 0.0939. The van der Waals surface area contributed by atoms with Gasteiger partial charge < -0.3 is 25.4 Å². The number of nitrogens with zero attached hydrogens (tertiary/aromatic N) is 1. The number of amides is 3. The predicted octanol–water partition coefficient (Wildman–Crippen LogP) is 3.11. The summed E-state index contributed by atoms with van der Waals surface area (Å²) in [5.74, 6) is -1.00. The number of ether oxygens (including phenoxy) is 1. The molecule has 0 heterocycles. The lowest BCUT2D eigenvalue weighted by Crippen LogP contribution is -2.55. The van der Waals surface area contributed by atoms with Crippen molar-refractivity contribution in [1.82, 2.24) is 15.5 Å². The lowest BCUT2D eigenvalue weighted by molar-refractivity contribution is -0.146.